The lowest BCUT2D eigenvalue weighted by Crippen LogP contribution is -2.12. The molecule has 0 aliphatic rings. The fourth-order valence-electron chi connectivity index (χ4n) is 2.33. The molecule has 0 saturated heterocycles. The van der Waals surface area contributed by atoms with E-state index in [1.807, 2.05) is 36.4 Å². The second-order valence-electron chi connectivity index (χ2n) is 5.09. The van der Waals surface area contributed by atoms with E-state index in [-0.39, 0.29) is 5.91 Å². The van der Waals surface area contributed by atoms with Crippen molar-refractivity contribution in [3.63, 3.8) is 0 Å². The van der Waals surface area contributed by atoms with Gasteiger partial charge >= 0.3 is 0 Å². The Balaban J connectivity index is 2.04. The lowest BCUT2D eigenvalue weighted by atomic mass is 10.1. The third-order valence-electron chi connectivity index (χ3n) is 3.47. The van der Waals surface area contributed by atoms with Gasteiger partial charge in [0, 0.05) is 16.6 Å². The molecule has 0 saturated carbocycles. The number of benzene rings is 2. The number of hydrogen-bond donors (Lipinski definition) is 1. The van der Waals surface area contributed by atoms with Crippen molar-refractivity contribution in [3.8, 4) is 17.2 Å². The lowest BCUT2D eigenvalue weighted by Gasteiger charge is -2.14. The highest BCUT2D eigenvalue weighted by molar-refractivity contribution is 9.10. The number of carbonyl (C=O) groups is 1. The average Bonchev–Trinajstić information content (AvgIpc) is 2.58. The molecule has 2 aromatic carbocycles. The Kier molecular flexibility index (Phi) is 6.49. The molecule has 0 heterocycles. The largest absolute Gasteiger partial charge is 0.493 e. The molecule has 2 rings (SSSR count). The first kappa shape index (κ1) is 18.1. The molecule has 0 atom stereocenters. The van der Waals surface area contributed by atoms with Crippen LogP contribution in [0.4, 0.5) is 5.69 Å². The first-order valence-electron chi connectivity index (χ1n) is 7.41. The van der Waals surface area contributed by atoms with Crippen LogP contribution in [0.5, 0.6) is 17.2 Å². The second kappa shape index (κ2) is 8.59. The minimum Gasteiger partial charge on any atom is -0.493 e. The van der Waals surface area contributed by atoms with Gasteiger partial charge in [-0.3, -0.25) is 4.79 Å². The van der Waals surface area contributed by atoms with Crippen LogP contribution in [0.3, 0.4) is 0 Å². The van der Waals surface area contributed by atoms with Crippen LogP contribution < -0.4 is 19.5 Å². The highest BCUT2D eigenvalue weighted by Gasteiger charge is 2.14. The lowest BCUT2D eigenvalue weighted by molar-refractivity contribution is -0.116. The first-order valence-corrected chi connectivity index (χ1v) is 8.21. The molecule has 6 heteroatoms. The number of nitrogens with one attached hydrogen (secondary N) is 1. The standard InChI is InChI=1S/C18H20BrNO4/c1-22-15-9-12(10-16(23-2)18(15)24-3)7-8-17(21)20-14-6-4-5-13(19)11-14/h4-6,9-11H,7-8H2,1-3H3,(H,20,21). The summed E-state index contributed by atoms with van der Waals surface area (Å²) in [5.41, 5.74) is 1.70. The Labute approximate surface area is 150 Å². The van der Waals surface area contributed by atoms with E-state index in [4.69, 9.17) is 14.2 Å². The van der Waals surface area contributed by atoms with Crippen molar-refractivity contribution in [2.45, 2.75) is 12.8 Å². The molecular formula is C18H20BrNO4. The molecule has 0 spiro atoms. The van der Waals surface area contributed by atoms with Crippen LogP contribution in [-0.2, 0) is 11.2 Å². The topological polar surface area (TPSA) is 56.8 Å². The minimum absolute atomic E-state index is 0.0538. The van der Waals surface area contributed by atoms with Crippen molar-refractivity contribution >= 4 is 27.5 Å². The smallest absolute Gasteiger partial charge is 0.224 e. The van der Waals surface area contributed by atoms with E-state index < -0.39 is 0 Å². The number of rotatable bonds is 7. The molecule has 0 bridgehead atoms. The summed E-state index contributed by atoms with van der Waals surface area (Å²) in [6.07, 6.45) is 0.918. The maximum absolute atomic E-state index is 12.1. The highest BCUT2D eigenvalue weighted by Crippen LogP contribution is 2.38. The molecule has 0 aromatic heterocycles. The molecule has 0 aliphatic carbocycles. The third-order valence-corrected chi connectivity index (χ3v) is 3.97. The summed E-state index contributed by atoms with van der Waals surface area (Å²) in [4.78, 5) is 12.1. The predicted octanol–water partition coefficient (Wildman–Crippen LogP) is 4.05. The zero-order chi connectivity index (χ0) is 17.5. The number of halogens is 1. The monoisotopic (exact) mass is 393 g/mol. The van der Waals surface area contributed by atoms with Gasteiger partial charge in [0.25, 0.3) is 0 Å². The minimum atomic E-state index is -0.0538. The van der Waals surface area contributed by atoms with E-state index >= 15 is 0 Å². The van der Waals surface area contributed by atoms with Gasteiger partial charge in [-0.1, -0.05) is 22.0 Å². The van der Waals surface area contributed by atoms with E-state index in [9.17, 15) is 4.79 Å². The van der Waals surface area contributed by atoms with Crippen molar-refractivity contribution in [2.24, 2.45) is 0 Å². The van der Waals surface area contributed by atoms with Crippen LogP contribution in [-0.4, -0.2) is 27.2 Å². The molecule has 0 aliphatic heterocycles. The highest BCUT2D eigenvalue weighted by atomic mass is 79.9. The van der Waals surface area contributed by atoms with Gasteiger partial charge in [0.2, 0.25) is 11.7 Å². The van der Waals surface area contributed by atoms with E-state index in [2.05, 4.69) is 21.2 Å². The number of amides is 1. The molecule has 0 radical (unpaired) electrons. The fourth-order valence-corrected chi connectivity index (χ4v) is 2.73. The van der Waals surface area contributed by atoms with Gasteiger partial charge in [-0.15, -0.1) is 0 Å². The molecule has 2 aromatic rings. The molecule has 1 amide bonds. The Morgan fingerprint density at radius 1 is 1.04 bits per heavy atom. The maximum Gasteiger partial charge on any atom is 0.224 e. The van der Waals surface area contributed by atoms with Gasteiger partial charge in [0.1, 0.15) is 0 Å². The summed E-state index contributed by atoms with van der Waals surface area (Å²) < 4.78 is 16.9. The van der Waals surface area contributed by atoms with Crippen LogP contribution >= 0.6 is 15.9 Å². The molecule has 128 valence electrons. The van der Waals surface area contributed by atoms with Crippen molar-refractivity contribution in [1.82, 2.24) is 0 Å². The van der Waals surface area contributed by atoms with Crippen molar-refractivity contribution < 1.29 is 19.0 Å². The van der Waals surface area contributed by atoms with Gasteiger partial charge in [0.05, 0.1) is 21.3 Å². The van der Waals surface area contributed by atoms with Crippen LogP contribution in [0, 0.1) is 0 Å². The fraction of sp³-hybridized carbons (Fsp3) is 0.278. The quantitative estimate of drug-likeness (QED) is 0.770. The van der Waals surface area contributed by atoms with Gasteiger partial charge in [-0.05, 0) is 42.3 Å². The second-order valence-corrected chi connectivity index (χ2v) is 6.01. The molecule has 1 N–H and O–H groups in total. The van der Waals surface area contributed by atoms with Crippen LogP contribution in [0.1, 0.15) is 12.0 Å². The normalized spacial score (nSPS) is 10.2. The molecule has 0 fully saturated rings. The van der Waals surface area contributed by atoms with Crippen LogP contribution in [0.15, 0.2) is 40.9 Å². The van der Waals surface area contributed by atoms with Crippen molar-refractivity contribution in [1.29, 1.82) is 0 Å². The summed E-state index contributed by atoms with van der Waals surface area (Å²) in [7, 11) is 4.70. The third kappa shape index (κ3) is 4.64. The number of aryl methyl sites for hydroxylation is 1. The number of carbonyl (C=O) groups excluding carboxylic acids is 1. The van der Waals surface area contributed by atoms with E-state index in [1.54, 1.807) is 21.3 Å². The number of ether oxygens (including phenoxy) is 3. The molecular weight excluding hydrogens is 374 g/mol. The Morgan fingerprint density at radius 2 is 1.71 bits per heavy atom. The molecule has 5 nitrogen and oxygen atoms in total. The van der Waals surface area contributed by atoms with Crippen LogP contribution in [0.2, 0.25) is 0 Å². The summed E-state index contributed by atoms with van der Waals surface area (Å²) in [5.74, 6) is 1.66. The zero-order valence-electron chi connectivity index (χ0n) is 13.9. The van der Waals surface area contributed by atoms with Gasteiger partial charge in [0.15, 0.2) is 11.5 Å². The molecule has 0 unspecified atom stereocenters. The maximum atomic E-state index is 12.1. The van der Waals surface area contributed by atoms with E-state index in [0.29, 0.717) is 30.1 Å². The van der Waals surface area contributed by atoms with E-state index in [0.717, 1.165) is 15.7 Å². The summed E-state index contributed by atoms with van der Waals surface area (Å²) in [6.45, 7) is 0. The molecule has 24 heavy (non-hydrogen) atoms. The predicted molar refractivity (Wildman–Crippen MR) is 97.2 cm³/mol. The van der Waals surface area contributed by atoms with Crippen LogP contribution in [0.25, 0.3) is 0 Å². The van der Waals surface area contributed by atoms with Gasteiger partial charge < -0.3 is 19.5 Å². The van der Waals surface area contributed by atoms with Gasteiger partial charge in [-0.25, -0.2) is 0 Å². The Hall–Kier alpha value is -2.21. The first-order chi connectivity index (χ1) is 11.6. The number of methoxy groups -OCH3 is 3. The van der Waals surface area contributed by atoms with Crippen molar-refractivity contribution in [2.75, 3.05) is 26.6 Å². The summed E-state index contributed by atoms with van der Waals surface area (Å²) in [5, 5.41) is 2.88. The summed E-state index contributed by atoms with van der Waals surface area (Å²) in [6, 6.07) is 11.2. The van der Waals surface area contributed by atoms with Gasteiger partial charge in [-0.2, -0.15) is 0 Å². The summed E-state index contributed by atoms with van der Waals surface area (Å²) >= 11 is 3.38. The van der Waals surface area contributed by atoms with E-state index in [1.165, 1.54) is 0 Å². The van der Waals surface area contributed by atoms with Crippen molar-refractivity contribution in [3.05, 3.63) is 46.4 Å². The number of hydrogen-bond acceptors (Lipinski definition) is 4. The Bertz CT molecular complexity index is 693. The Morgan fingerprint density at radius 3 is 2.25 bits per heavy atom. The average molecular weight is 394 g/mol. The zero-order valence-corrected chi connectivity index (χ0v) is 15.5. The SMILES string of the molecule is COc1cc(CCC(=O)Nc2cccc(Br)c2)cc(OC)c1OC. The number of anilines is 1.